The largest absolute Gasteiger partial charge is 0.311 e. The first-order chi connectivity index (χ1) is 11.3. The predicted molar refractivity (Wildman–Crippen MR) is 92.7 cm³/mol. The van der Waals surface area contributed by atoms with Crippen LogP contribution < -0.4 is 0 Å². The Bertz CT molecular complexity index is 679. The maximum absolute atomic E-state index is 4.99. The molecule has 2 unspecified atom stereocenters. The summed E-state index contributed by atoms with van der Waals surface area (Å²) in [5.74, 6) is 1.81. The van der Waals surface area contributed by atoms with Crippen LogP contribution in [0.2, 0.25) is 0 Å². The van der Waals surface area contributed by atoms with Crippen LogP contribution in [-0.2, 0) is 6.54 Å². The van der Waals surface area contributed by atoms with Crippen LogP contribution in [0.5, 0.6) is 0 Å². The Hall–Kier alpha value is -1.46. The molecule has 2 fully saturated rings. The average molecular weight is 313 g/mol. The molecule has 2 aromatic rings. The Morgan fingerprint density at radius 3 is 2.91 bits per heavy atom. The van der Waals surface area contributed by atoms with Gasteiger partial charge in [-0.05, 0) is 58.1 Å². The van der Waals surface area contributed by atoms with Gasteiger partial charge in [-0.25, -0.2) is 9.97 Å². The molecule has 0 aliphatic carbocycles. The van der Waals surface area contributed by atoms with E-state index in [1.54, 1.807) is 0 Å². The second-order valence-corrected chi connectivity index (χ2v) is 7.08. The Morgan fingerprint density at radius 1 is 1.26 bits per heavy atom. The summed E-state index contributed by atoms with van der Waals surface area (Å²) in [6.45, 7) is 7.97. The summed E-state index contributed by atoms with van der Waals surface area (Å²) in [6, 6.07) is 4.72. The molecule has 4 heterocycles. The Labute approximate surface area is 138 Å². The van der Waals surface area contributed by atoms with Crippen LogP contribution in [0.15, 0.2) is 18.3 Å². The van der Waals surface area contributed by atoms with Gasteiger partial charge in [-0.15, -0.1) is 0 Å². The Kier molecular flexibility index (Phi) is 4.07. The number of hydrogen-bond donors (Lipinski definition) is 0. The molecule has 124 valence electrons. The van der Waals surface area contributed by atoms with E-state index in [0.717, 1.165) is 30.8 Å². The van der Waals surface area contributed by atoms with Gasteiger partial charge in [0.1, 0.15) is 11.3 Å². The SMILES string of the molecule is CCN1CCC(c2nc3cccnc3n2CC2CCCN2C)C1. The van der Waals surface area contributed by atoms with Gasteiger partial charge in [-0.2, -0.15) is 0 Å². The molecule has 2 aromatic heterocycles. The van der Waals surface area contributed by atoms with Crippen LogP contribution in [-0.4, -0.2) is 63.6 Å². The van der Waals surface area contributed by atoms with Crippen molar-refractivity contribution >= 4 is 11.2 Å². The van der Waals surface area contributed by atoms with Crippen molar-refractivity contribution in [1.82, 2.24) is 24.3 Å². The van der Waals surface area contributed by atoms with Crippen LogP contribution in [0.3, 0.4) is 0 Å². The van der Waals surface area contributed by atoms with Crippen molar-refractivity contribution < 1.29 is 0 Å². The van der Waals surface area contributed by atoms with Crippen molar-refractivity contribution in [3.63, 3.8) is 0 Å². The number of rotatable bonds is 4. The molecule has 2 aliphatic heterocycles. The summed E-state index contributed by atoms with van der Waals surface area (Å²) >= 11 is 0. The first-order valence-corrected chi connectivity index (χ1v) is 9.00. The zero-order valence-corrected chi connectivity index (χ0v) is 14.3. The van der Waals surface area contributed by atoms with Crippen LogP contribution in [0, 0.1) is 0 Å². The van der Waals surface area contributed by atoms with Gasteiger partial charge in [-0.3, -0.25) is 0 Å². The monoisotopic (exact) mass is 313 g/mol. The van der Waals surface area contributed by atoms with E-state index in [0.29, 0.717) is 12.0 Å². The standard InChI is InChI=1S/C18H27N5/c1-3-22-11-8-14(12-22)17-20-16-7-4-9-19-18(16)23(17)13-15-6-5-10-21(15)2/h4,7,9,14-15H,3,5-6,8,10-13H2,1-2H3. The quantitative estimate of drug-likeness (QED) is 0.868. The Balaban J connectivity index is 1.70. The lowest BCUT2D eigenvalue weighted by Crippen LogP contribution is -2.30. The van der Waals surface area contributed by atoms with Gasteiger partial charge in [0.15, 0.2) is 5.65 Å². The molecular weight excluding hydrogens is 286 g/mol. The number of likely N-dealkylation sites (N-methyl/N-ethyl adjacent to an activating group) is 2. The maximum atomic E-state index is 4.99. The zero-order chi connectivity index (χ0) is 15.8. The molecule has 5 heteroatoms. The van der Waals surface area contributed by atoms with Crippen LogP contribution in [0.4, 0.5) is 0 Å². The molecule has 0 bridgehead atoms. The second kappa shape index (κ2) is 6.21. The van der Waals surface area contributed by atoms with E-state index in [2.05, 4.69) is 39.4 Å². The van der Waals surface area contributed by atoms with Gasteiger partial charge in [0.25, 0.3) is 0 Å². The maximum Gasteiger partial charge on any atom is 0.160 e. The first kappa shape index (κ1) is 15.1. The number of pyridine rings is 1. The fourth-order valence-corrected chi connectivity index (χ4v) is 4.22. The summed E-state index contributed by atoms with van der Waals surface area (Å²) in [6.07, 6.45) is 5.71. The van der Waals surface area contributed by atoms with Gasteiger partial charge in [0.05, 0.1) is 0 Å². The third-order valence-electron chi connectivity index (χ3n) is 5.68. The van der Waals surface area contributed by atoms with Crippen molar-refractivity contribution in [3.8, 4) is 0 Å². The van der Waals surface area contributed by atoms with E-state index in [1.807, 2.05) is 12.3 Å². The van der Waals surface area contributed by atoms with E-state index in [9.17, 15) is 0 Å². The minimum absolute atomic E-state index is 0.552. The summed E-state index contributed by atoms with van der Waals surface area (Å²) < 4.78 is 2.42. The van der Waals surface area contributed by atoms with E-state index in [4.69, 9.17) is 4.98 Å². The number of aromatic nitrogens is 3. The highest BCUT2D eigenvalue weighted by Crippen LogP contribution is 2.30. The van der Waals surface area contributed by atoms with Crippen LogP contribution in [0.25, 0.3) is 11.2 Å². The van der Waals surface area contributed by atoms with Crippen molar-refractivity contribution in [2.75, 3.05) is 33.2 Å². The molecule has 0 aromatic carbocycles. The number of hydrogen-bond acceptors (Lipinski definition) is 4. The lowest BCUT2D eigenvalue weighted by molar-refractivity contribution is 0.280. The van der Waals surface area contributed by atoms with E-state index < -0.39 is 0 Å². The molecule has 2 atom stereocenters. The Morgan fingerprint density at radius 2 is 2.17 bits per heavy atom. The van der Waals surface area contributed by atoms with Crippen molar-refractivity contribution in [2.24, 2.45) is 0 Å². The van der Waals surface area contributed by atoms with Crippen molar-refractivity contribution in [2.45, 2.75) is 44.7 Å². The van der Waals surface area contributed by atoms with Crippen LogP contribution >= 0.6 is 0 Å². The lowest BCUT2D eigenvalue weighted by Gasteiger charge is -2.22. The molecule has 0 saturated carbocycles. The summed E-state index contributed by atoms with van der Waals surface area (Å²) in [5.41, 5.74) is 2.12. The molecule has 2 aliphatic rings. The highest BCUT2D eigenvalue weighted by Gasteiger charge is 2.30. The third kappa shape index (κ3) is 2.76. The number of fused-ring (bicyclic) bond motifs is 1. The fourth-order valence-electron chi connectivity index (χ4n) is 4.22. The minimum Gasteiger partial charge on any atom is -0.311 e. The fraction of sp³-hybridized carbons (Fsp3) is 0.667. The first-order valence-electron chi connectivity index (χ1n) is 9.00. The van der Waals surface area contributed by atoms with E-state index >= 15 is 0 Å². The summed E-state index contributed by atoms with van der Waals surface area (Å²) in [7, 11) is 2.25. The molecular formula is C18H27N5. The molecule has 2 saturated heterocycles. The average Bonchev–Trinajstić information content (AvgIpc) is 3.27. The predicted octanol–water partition coefficient (Wildman–Crippen LogP) is 2.33. The van der Waals surface area contributed by atoms with Gasteiger partial charge in [0.2, 0.25) is 0 Å². The highest BCUT2D eigenvalue weighted by molar-refractivity contribution is 5.71. The molecule has 0 spiro atoms. The molecule has 4 rings (SSSR count). The second-order valence-electron chi connectivity index (χ2n) is 7.08. The molecule has 5 nitrogen and oxygen atoms in total. The van der Waals surface area contributed by atoms with Crippen molar-refractivity contribution in [3.05, 3.63) is 24.2 Å². The van der Waals surface area contributed by atoms with Gasteiger partial charge >= 0.3 is 0 Å². The van der Waals surface area contributed by atoms with Gasteiger partial charge in [0, 0.05) is 31.2 Å². The minimum atomic E-state index is 0.552. The topological polar surface area (TPSA) is 37.2 Å². The number of imidazole rings is 1. The van der Waals surface area contributed by atoms with E-state index in [1.165, 1.54) is 38.2 Å². The van der Waals surface area contributed by atoms with Crippen LogP contribution in [0.1, 0.15) is 37.9 Å². The molecule has 0 amide bonds. The lowest BCUT2D eigenvalue weighted by atomic mass is 10.1. The third-order valence-corrected chi connectivity index (χ3v) is 5.68. The summed E-state index contributed by atoms with van der Waals surface area (Å²) in [4.78, 5) is 14.7. The smallest absolute Gasteiger partial charge is 0.160 e. The zero-order valence-electron chi connectivity index (χ0n) is 14.3. The molecule has 0 radical (unpaired) electrons. The van der Waals surface area contributed by atoms with Crippen molar-refractivity contribution in [1.29, 1.82) is 0 Å². The normalized spacial score (nSPS) is 26.5. The number of nitrogens with zero attached hydrogens (tertiary/aromatic N) is 5. The highest BCUT2D eigenvalue weighted by atomic mass is 15.2. The van der Waals surface area contributed by atoms with Gasteiger partial charge < -0.3 is 14.4 Å². The van der Waals surface area contributed by atoms with Gasteiger partial charge in [-0.1, -0.05) is 6.92 Å². The molecule has 0 N–H and O–H groups in total. The number of likely N-dealkylation sites (tertiary alicyclic amines) is 2. The molecule has 23 heavy (non-hydrogen) atoms. The summed E-state index contributed by atoms with van der Waals surface area (Å²) in [5, 5.41) is 0. The van der Waals surface area contributed by atoms with E-state index in [-0.39, 0.29) is 0 Å².